The Bertz CT molecular complexity index is 629. The molecule has 0 fully saturated rings. The van der Waals surface area contributed by atoms with Crippen molar-refractivity contribution in [2.24, 2.45) is 0 Å². The van der Waals surface area contributed by atoms with Crippen LogP contribution in [-0.2, 0) is 4.79 Å². The fourth-order valence-corrected chi connectivity index (χ4v) is 2.21. The number of anilines is 1. The number of rotatable bonds is 6. The number of nitrogens with one attached hydrogen (secondary N) is 1. The molecule has 1 heterocycles. The van der Waals surface area contributed by atoms with Crippen LogP contribution in [0.3, 0.4) is 0 Å². The number of thiazole rings is 1. The van der Waals surface area contributed by atoms with Crippen molar-refractivity contribution in [2.75, 3.05) is 5.32 Å². The highest BCUT2D eigenvalue weighted by atomic mass is 32.1. The normalized spacial score (nSPS) is 11.7. The molecule has 0 aliphatic heterocycles. The lowest BCUT2D eigenvalue weighted by atomic mass is 10.2. The lowest BCUT2D eigenvalue weighted by Gasteiger charge is -2.16. The molecule has 1 aromatic carbocycles. The fourth-order valence-electron chi connectivity index (χ4n) is 1.58. The third-order valence-corrected chi connectivity index (χ3v) is 3.45. The van der Waals surface area contributed by atoms with Crippen molar-refractivity contribution in [3.05, 3.63) is 46.6 Å². The summed E-state index contributed by atoms with van der Waals surface area (Å²) in [4.78, 5) is 25.9. The number of aromatic nitrogens is 1. The molecule has 8 heteroatoms. The second kappa shape index (κ2) is 6.80. The molecule has 1 aromatic heterocycles. The SMILES string of the molecule is CC[C@@H](Oc1ccccc1)C(=O)Nc1ncc([N+](=O)[O-])s1. The molecular formula is C13H13N3O4S. The van der Waals surface area contributed by atoms with Crippen LogP contribution >= 0.6 is 11.3 Å². The summed E-state index contributed by atoms with van der Waals surface area (Å²) in [6.07, 6.45) is 0.892. The smallest absolute Gasteiger partial charge is 0.345 e. The van der Waals surface area contributed by atoms with Crippen molar-refractivity contribution in [3.63, 3.8) is 0 Å². The van der Waals surface area contributed by atoms with Gasteiger partial charge in [-0.15, -0.1) is 0 Å². The molecule has 0 unspecified atom stereocenters. The van der Waals surface area contributed by atoms with Crippen LogP contribution in [0.4, 0.5) is 10.1 Å². The van der Waals surface area contributed by atoms with Gasteiger partial charge in [0.05, 0.1) is 4.92 Å². The minimum Gasteiger partial charge on any atom is -0.481 e. The zero-order chi connectivity index (χ0) is 15.2. The monoisotopic (exact) mass is 307 g/mol. The Morgan fingerprint density at radius 1 is 1.48 bits per heavy atom. The van der Waals surface area contributed by atoms with E-state index in [1.807, 2.05) is 25.1 Å². The van der Waals surface area contributed by atoms with Gasteiger partial charge in [-0.25, -0.2) is 4.98 Å². The van der Waals surface area contributed by atoms with Gasteiger partial charge < -0.3 is 4.74 Å². The standard InChI is InChI=1S/C13H13N3O4S/c1-2-10(20-9-6-4-3-5-7-9)12(17)15-13-14-8-11(21-13)16(18)19/h3-8,10H,2H2,1H3,(H,14,15,17)/t10-/m1/s1. The summed E-state index contributed by atoms with van der Waals surface area (Å²) in [6.45, 7) is 1.82. The largest absolute Gasteiger partial charge is 0.481 e. The number of ether oxygens (including phenoxy) is 1. The first-order valence-corrected chi connectivity index (χ1v) is 7.04. The van der Waals surface area contributed by atoms with Crippen LogP contribution in [0.25, 0.3) is 0 Å². The van der Waals surface area contributed by atoms with Crippen LogP contribution in [0.5, 0.6) is 5.75 Å². The van der Waals surface area contributed by atoms with E-state index in [9.17, 15) is 14.9 Å². The lowest BCUT2D eigenvalue weighted by molar-refractivity contribution is -0.380. The number of carbonyl (C=O) groups excluding carboxylic acids is 1. The Morgan fingerprint density at radius 2 is 2.19 bits per heavy atom. The van der Waals surface area contributed by atoms with E-state index in [0.29, 0.717) is 12.2 Å². The van der Waals surface area contributed by atoms with E-state index in [2.05, 4.69) is 10.3 Å². The average molecular weight is 307 g/mol. The second-order valence-corrected chi connectivity index (χ2v) is 5.09. The minimum absolute atomic E-state index is 0.123. The van der Waals surface area contributed by atoms with Crippen LogP contribution in [0, 0.1) is 10.1 Å². The number of amides is 1. The fraction of sp³-hybridized carbons (Fsp3) is 0.231. The zero-order valence-electron chi connectivity index (χ0n) is 11.2. The maximum Gasteiger partial charge on any atom is 0.345 e. The number of hydrogen-bond acceptors (Lipinski definition) is 6. The highest BCUT2D eigenvalue weighted by molar-refractivity contribution is 7.18. The molecule has 0 saturated heterocycles. The summed E-state index contributed by atoms with van der Waals surface area (Å²) in [7, 11) is 0. The van der Waals surface area contributed by atoms with E-state index in [1.165, 1.54) is 0 Å². The van der Waals surface area contributed by atoms with Gasteiger partial charge in [-0.1, -0.05) is 25.1 Å². The maximum absolute atomic E-state index is 12.1. The van der Waals surface area contributed by atoms with Gasteiger partial charge in [-0.05, 0) is 29.9 Å². The quantitative estimate of drug-likeness (QED) is 0.654. The molecule has 0 aliphatic rings. The predicted molar refractivity (Wildman–Crippen MR) is 78.5 cm³/mol. The summed E-state index contributed by atoms with van der Waals surface area (Å²) < 4.78 is 5.58. The number of nitro groups is 1. The molecule has 2 rings (SSSR count). The number of benzene rings is 1. The minimum atomic E-state index is -0.685. The molecule has 2 aromatic rings. The topological polar surface area (TPSA) is 94.4 Å². The van der Waals surface area contributed by atoms with Crippen molar-refractivity contribution >= 4 is 27.4 Å². The van der Waals surface area contributed by atoms with E-state index < -0.39 is 11.0 Å². The molecule has 1 atom stereocenters. The van der Waals surface area contributed by atoms with Crippen LogP contribution in [0.15, 0.2) is 36.5 Å². The molecule has 1 amide bonds. The van der Waals surface area contributed by atoms with Gasteiger partial charge in [0.2, 0.25) is 0 Å². The Hall–Kier alpha value is -2.48. The molecular weight excluding hydrogens is 294 g/mol. The molecule has 0 saturated carbocycles. The Balaban J connectivity index is 2.01. The van der Waals surface area contributed by atoms with E-state index in [4.69, 9.17) is 4.74 Å². The third-order valence-electron chi connectivity index (χ3n) is 2.59. The Kier molecular flexibility index (Phi) is 4.83. The van der Waals surface area contributed by atoms with Crippen molar-refractivity contribution < 1.29 is 14.5 Å². The highest BCUT2D eigenvalue weighted by Crippen LogP contribution is 2.25. The molecule has 1 N–H and O–H groups in total. The van der Waals surface area contributed by atoms with Crippen LogP contribution in [0.1, 0.15) is 13.3 Å². The first-order chi connectivity index (χ1) is 10.1. The van der Waals surface area contributed by atoms with Gasteiger partial charge in [-0.2, -0.15) is 0 Å². The number of nitrogens with zero attached hydrogens (tertiary/aromatic N) is 2. The summed E-state index contributed by atoms with van der Waals surface area (Å²) in [6, 6.07) is 8.98. The van der Waals surface area contributed by atoms with E-state index >= 15 is 0 Å². The molecule has 7 nitrogen and oxygen atoms in total. The van der Waals surface area contributed by atoms with Crippen LogP contribution < -0.4 is 10.1 Å². The van der Waals surface area contributed by atoms with E-state index in [0.717, 1.165) is 17.5 Å². The van der Waals surface area contributed by atoms with Gasteiger partial charge in [0.1, 0.15) is 11.9 Å². The van der Waals surface area contributed by atoms with Crippen LogP contribution in [0.2, 0.25) is 0 Å². The summed E-state index contributed by atoms with van der Waals surface area (Å²) in [5.41, 5.74) is 0. The molecule has 0 bridgehead atoms. The van der Waals surface area contributed by atoms with Crippen molar-refractivity contribution in [1.82, 2.24) is 4.98 Å². The summed E-state index contributed by atoms with van der Waals surface area (Å²) in [5, 5.41) is 13.2. The molecule has 0 radical (unpaired) electrons. The van der Waals surface area contributed by atoms with E-state index in [-0.39, 0.29) is 16.0 Å². The first kappa shape index (κ1) is 14.9. The zero-order valence-corrected chi connectivity index (χ0v) is 12.0. The van der Waals surface area contributed by atoms with Crippen molar-refractivity contribution in [3.8, 4) is 5.75 Å². The molecule has 0 spiro atoms. The summed E-state index contributed by atoms with van der Waals surface area (Å²) in [5.74, 6) is 0.204. The Morgan fingerprint density at radius 3 is 2.76 bits per heavy atom. The number of carbonyl (C=O) groups is 1. The number of para-hydroxylation sites is 1. The van der Waals surface area contributed by atoms with Gasteiger partial charge in [-0.3, -0.25) is 20.2 Å². The lowest BCUT2D eigenvalue weighted by Crippen LogP contribution is -2.32. The third kappa shape index (κ3) is 3.99. The van der Waals surface area contributed by atoms with Gasteiger partial charge in [0, 0.05) is 0 Å². The highest BCUT2D eigenvalue weighted by Gasteiger charge is 2.21. The predicted octanol–water partition coefficient (Wildman–Crippen LogP) is 2.85. The van der Waals surface area contributed by atoms with E-state index in [1.54, 1.807) is 12.1 Å². The van der Waals surface area contributed by atoms with Gasteiger partial charge in [0.15, 0.2) is 11.2 Å². The van der Waals surface area contributed by atoms with Crippen molar-refractivity contribution in [2.45, 2.75) is 19.4 Å². The summed E-state index contributed by atoms with van der Waals surface area (Å²) >= 11 is 0.806. The van der Waals surface area contributed by atoms with Gasteiger partial charge >= 0.3 is 5.00 Å². The van der Waals surface area contributed by atoms with Crippen LogP contribution in [-0.4, -0.2) is 21.9 Å². The maximum atomic E-state index is 12.1. The number of hydrogen-bond donors (Lipinski definition) is 1. The average Bonchev–Trinajstić information content (AvgIpc) is 2.94. The Labute approximate surface area is 124 Å². The molecule has 0 aliphatic carbocycles. The molecule has 21 heavy (non-hydrogen) atoms. The second-order valence-electron chi connectivity index (χ2n) is 4.08. The molecule has 110 valence electrons. The van der Waals surface area contributed by atoms with Crippen molar-refractivity contribution in [1.29, 1.82) is 0 Å². The van der Waals surface area contributed by atoms with Gasteiger partial charge in [0.25, 0.3) is 5.91 Å². The first-order valence-electron chi connectivity index (χ1n) is 6.23.